The molecule has 26 heavy (non-hydrogen) atoms. The zero-order valence-electron chi connectivity index (χ0n) is 15.1. The van der Waals surface area contributed by atoms with Crippen LogP contribution in [0.1, 0.15) is 22.3 Å². The number of amides is 2. The molecular formula is C19H22N4O2S. The van der Waals surface area contributed by atoms with Crippen LogP contribution in [0.3, 0.4) is 0 Å². The zero-order valence-corrected chi connectivity index (χ0v) is 15.9. The number of hydrogen-bond donors (Lipinski definition) is 0. The summed E-state index contributed by atoms with van der Waals surface area (Å²) in [6.07, 6.45) is 2.95. The lowest BCUT2D eigenvalue weighted by molar-refractivity contribution is -0.127. The van der Waals surface area contributed by atoms with Gasteiger partial charge in [-0.05, 0) is 24.6 Å². The van der Waals surface area contributed by atoms with E-state index in [2.05, 4.69) is 6.07 Å². The first-order valence-corrected chi connectivity index (χ1v) is 9.62. The highest BCUT2D eigenvalue weighted by atomic mass is 32.2. The van der Waals surface area contributed by atoms with Crippen LogP contribution >= 0.6 is 11.8 Å². The van der Waals surface area contributed by atoms with Gasteiger partial charge in [-0.25, -0.2) is 0 Å². The summed E-state index contributed by atoms with van der Waals surface area (Å²) >= 11 is 1.61. The predicted molar refractivity (Wildman–Crippen MR) is 103 cm³/mol. The van der Waals surface area contributed by atoms with Gasteiger partial charge in [-0.15, -0.1) is 11.8 Å². The molecule has 0 N–H and O–H groups in total. The number of hydrogen-bond acceptors (Lipinski definition) is 5. The van der Waals surface area contributed by atoms with Crippen LogP contribution < -0.4 is 4.90 Å². The van der Waals surface area contributed by atoms with Crippen LogP contribution in [0.4, 0.5) is 5.69 Å². The van der Waals surface area contributed by atoms with Crippen molar-refractivity contribution in [1.82, 2.24) is 9.80 Å². The van der Waals surface area contributed by atoms with Gasteiger partial charge in [0, 0.05) is 57.3 Å². The Kier molecular flexibility index (Phi) is 5.52. The van der Waals surface area contributed by atoms with E-state index in [-0.39, 0.29) is 11.8 Å². The summed E-state index contributed by atoms with van der Waals surface area (Å²) in [5.41, 5.74) is 1.81. The number of piperazine rings is 1. The Balaban J connectivity index is 1.68. The lowest BCUT2D eigenvalue weighted by Gasteiger charge is -2.35. The maximum Gasteiger partial charge on any atom is 0.260 e. The summed E-state index contributed by atoms with van der Waals surface area (Å²) in [5, 5.41) is 9.22. The number of anilines is 1. The smallest absolute Gasteiger partial charge is 0.260 e. The minimum atomic E-state index is -0.0910. The van der Waals surface area contributed by atoms with Crippen molar-refractivity contribution >= 4 is 29.3 Å². The van der Waals surface area contributed by atoms with Crippen molar-refractivity contribution in [2.24, 2.45) is 0 Å². The molecule has 136 valence electrons. The molecule has 1 saturated heterocycles. The minimum Gasteiger partial charge on any atom is -0.378 e. The topological polar surface area (TPSA) is 67.7 Å². The molecule has 6 nitrogen and oxygen atoms in total. The van der Waals surface area contributed by atoms with Gasteiger partial charge >= 0.3 is 0 Å². The fourth-order valence-corrected chi connectivity index (χ4v) is 4.02. The molecule has 7 heteroatoms. The Morgan fingerprint density at radius 2 is 1.73 bits per heavy atom. The van der Waals surface area contributed by atoms with E-state index < -0.39 is 0 Å². The first-order valence-electron chi connectivity index (χ1n) is 8.63. The summed E-state index contributed by atoms with van der Waals surface area (Å²) in [7, 11) is 3.76. The summed E-state index contributed by atoms with van der Waals surface area (Å²) in [6, 6.07) is 7.32. The second-order valence-corrected chi connectivity index (χ2v) is 7.70. The number of rotatable bonds is 3. The largest absolute Gasteiger partial charge is 0.378 e. The number of thioether (sulfide) groups is 1. The third kappa shape index (κ3) is 3.86. The number of nitrogens with zero attached hydrogens (tertiary/aromatic N) is 4. The van der Waals surface area contributed by atoms with Gasteiger partial charge < -0.3 is 14.7 Å². The molecule has 0 unspecified atom stereocenters. The van der Waals surface area contributed by atoms with Gasteiger partial charge in [-0.3, -0.25) is 9.59 Å². The number of nitriles is 1. The summed E-state index contributed by atoms with van der Waals surface area (Å²) in [6.45, 7) is 2.11. The molecule has 0 bridgehead atoms. The highest BCUT2D eigenvalue weighted by Gasteiger charge is 2.27. The third-order valence-electron chi connectivity index (χ3n) is 4.58. The summed E-state index contributed by atoms with van der Waals surface area (Å²) < 4.78 is 0. The molecular weight excluding hydrogens is 348 g/mol. The average Bonchev–Trinajstić information content (AvgIpc) is 3.21. The van der Waals surface area contributed by atoms with Crippen molar-refractivity contribution in [3.8, 4) is 6.07 Å². The van der Waals surface area contributed by atoms with Gasteiger partial charge in [0.1, 0.15) is 0 Å². The van der Waals surface area contributed by atoms with E-state index >= 15 is 0 Å². The van der Waals surface area contributed by atoms with E-state index in [4.69, 9.17) is 0 Å². The van der Waals surface area contributed by atoms with Gasteiger partial charge in [0.15, 0.2) is 0 Å². The molecule has 0 saturated carbocycles. The van der Waals surface area contributed by atoms with Gasteiger partial charge in [0.25, 0.3) is 11.8 Å². The number of carbonyl (C=O) groups excluding carboxylic acids is 2. The van der Waals surface area contributed by atoms with Gasteiger partial charge in [-0.1, -0.05) is 6.08 Å². The Morgan fingerprint density at radius 3 is 2.27 bits per heavy atom. The molecule has 2 aliphatic heterocycles. The van der Waals surface area contributed by atoms with E-state index in [0.717, 1.165) is 22.8 Å². The van der Waals surface area contributed by atoms with Crippen LogP contribution in [0.15, 0.2) is 29.2 Å². The van der Waals surface area contributed by atoms with Crippen LogP contribution in [0.25, 0.3) is 0 Å². The summed E-state index contributed by atoms with van der Waals surface area (Å²) in [5.74, 6) is 0.968. The zero-order chi connectivity index (χ0) is 18.7. The molecule has 0 aromatic heterocycles. The minimum absolute atomic E-state index is 0.0842. The predicted octanol–water partition coefficient (Wildman–Crippen LogP) is 1.93. The fraction of sp³-hybridized carbons (Fsp3) is 0.421. The fourth-order valence-electron chi connectivity index (χ4n) is 3.08. The van der Waals surface area contributed by atoms with Crippen molar-refractivity contribution in [2.75, 3.05) is 50.9 Å². The average molecular weight is 370 g/mol. The standard InChI is InChI=1S/C19H22N4O2S/c1-21(2)16-11-14(13-20)10-15(12-16)18(24)22-5-7-23(8-6-22)19(25)17-4-3-9-26-17/h4,10-12H,3,5-9H2,1-2H3. The van der Waals surface area contributed by atoms with Crippen molar-refractivity contribution in [1.29, 1.82) is 5.26 Å². The first kappa shape index (κ1) is 18.3. The molecule has 3 rings (SSSR count). The Bertz CT molecular complexity index is 789. The van der Waals surface area contributed by atoms with Crippen molar-refractivity contribution in [2.45, 2.75) is 6.42 Å². The van der Waals surface area contributed by atoms with Crippen LogP contribution in [-0.4, -0.2) is 67.6 Å². The molecule has 0 radical (unpaired) electrons. The van der Waals surface area contributed by atoms with Crippen LogP contribution in [0.5, 0.6) is 0 Å². The van der Waals surface area contributed by atoms with Gasteiger partial charge in [-0.2, -0.15) is 5.26 Å². The maximum atomic E-state index is 12.9. The quantitative estimate of drug-likeness (QED) is 0.813. The number of carbonyl (C=O) groups is 2. The van der Waals surface area contributed by atoms with Crippen LogP contribution in [0, 0.1) is 11.3 Å². The second kappa shape index (κ2) is 7.83. The Morgan fingerprint density at radius 1 is 1.08 bits per heavy atom. The van der Waals surface area contributed by atoms with E-state index in [0.29, 0.717) is 37.3 Å². The first-order chi connectivity index (χ1) is 12.5. The number of benzene rings is 1. The van der Waals surface area contributed by atoms with Crippen molar-refractivity contribution in [3.05, 3.63) is 40.3 Å². The lowest BCUT2D eigenvalue weighted by atomic mass is 10.1. The highest BCUT2D eigenvalue weighted by molar-refractivity contribution is 8.04. The third-order valence-corrected chi connectivity index (χ3v) is 5.67. The molecule has 1 fully saturated rings. The normalized spacial score (nSPS) is 16.9. The highest BCUT2D eigenvalue weighted by Crippen LogP contribution is 2.27. The lowest BCUT2D eigenvalue weighted by Crippen LogP contribution is -2.50. The van der Waals surface area contributed by atoms with E-state index in [1.54, 1.807) is 34.9 Å². The van der Waals surface area contributed by atoms with Crippen LogP contribution in [-0.2, 0) is 4.79 Å². The van der Waals surface area contributed by atoms with Crippen molar-refractivity contribution < 1.29 is 9.59 Å². The van der Waals surface area contributed by atoms with Crippen LogP contribution in [0.2, 0.25) is 0 Å². The second-order valence-electron chi connectivity index (χ2n) is 6.56. The maximum absolute atomic E-state index is 12.9. The Labute approximate surface area is 158 Å². The summed E-state index contributed by atoms with van der Waals surface area (Å²) in [4.78, 5) is 31.6. The van der Waals surface area contributed by atoms with Gasteiger partial charge in [0.05, 0.1) is 16.5 Å². The Hall–Kier alpha value is -2.46. The number of allylic oxidation sites excluding steroid dienone is 1. The monoisotopic (exact) mass is 370 g/mol. The molecule has 0 spiro atoms. The van der Waals surface area contributed by atoms with Gasteiger partial charge in [0.2, 0.25) is 0 Å². The molecule has 1 aromatic carbocycles. The molecule has 1 aromatic rings. The van der Waals surface area contributed by atoms with Crippen molar-refractivity contribution in [3.63, 3.8) is 0 Å². The van der Waals surface area contributed by atoms with E-state index in [1.165, 1.54) is 0 Å². The van der Waals surface area contributed by atoms with E-state index in [9.17, 15) is 14.9 Å². The molecule has 0 aliphatic carbocycles. The molecule has 2 heterocycles. The SMILES string of the molecule is CN(C)c1cc(C#N)cc(C(=O)N2CCN(C(=O)C3=CCCS3)CC2)c1. The van der Waals surface area contributed by atoms with E-state index in [1.807, 2.05) is 30.0 Å². The molecule has 2 amide bonds. The molecule has 0 atom stereocenters. The molecule has 2 aliphatic rings.